The average molecular weight is 370 g/mol. The number of nitrogens with zero attached hydrogens (tertiary/aromatic N) is 1. The Labute approximate surface area is 154 Å². The number of furan rings is 1. The quantitative estimate of drug-likeness (QED) is 0.693. The zero-order chi connectivity index (χ0) is 19.0. The fourth-order valence-corrected chi connectivity index (χ4v) is 2.90. The molecule has 8 heteroatoms. The SMILES string of the molecule is CC(OC(=O)c1cc2occc2n1C)C(=O)NCc1ccc2c(c1)OCO2. The van der Waals surface area contributed by atoms with Crippen molar-refractivity contribution < 1.29 is 28.2 Å². The van der Waals surface area contributed by atoms with Gasteiger partial charge >= 0.3 is 5.97 Å². The molecule has 27 heavy (non-hydrogen) atoms. The van der Waals surface area contributed by atoms with Crippen LogP contribution in [0.15, 0.2) is 41.0 Å². The molecule has 2 aromatic heterocycles. The molecular weight excluding hydrogens is 352 g/mol. The van der Waals surface area contributed by atoms with Crippen molar-refractivity contribution >= 4 is 23.0 Å². The Bertz CT molecular complexity index is 1020. The van der Waals surface area contributed by atoms with Gasteiger partial charge in [0.15, 0.2) is 23.2 Å². The maximum absolute atomic E-state index is 12.4. The van der Waals surface area contributed by atoms with E-state index in [4.69, 9.17) is 18.6 Å². The number of esters is 1. The van der Waals surface area contributed by atoms with E-state index in [1.807, 2.05) is 6.07 Å². The highest BCUT2D eigenvalue weighted by molar-refractivity contribution is 5.95. The number of hydrogen-bond acceptors (Lipinski definition) is 6. The van der Waals surface area contributed by atoms with Crippen molar-refractivity contribution in [1.29, 1.82) is 0 Å². The number of aryl methyl sites for hydroxylation is 1. The van der Waals surface area contributed by atoms with Gasteiger partial charge in [-0.15, -0.1) is 0 Å². The van der Waals surface area contributed by atoms with Gasteiger partial charge in [0.1, 0.15) is 5.69 Å². The second-order valence-electron chi connectivity index (χ2n) is 6.21. The maximum Gasteiger partial charge on any atom is 0.355 e. The second kappa shape index (κ2) is 6.71. The molecule has 0 spiro atoms. The molecule has 8 nitrogen and oxygen atoms in total. The number of amides is 1. The first-order valence-electron chi connectivity index (χ1n) is 8.43. The third-order valence-electron chi connectivity index (χ3n) is 4.43. The highest BCUT2D eigenvalue weighted by atomic mass is 16.7. The standard InChI is InChI=1S/C19H18N2O6/c1-11(27-19(23)14-8-16-13(21(14)2)5-6-24-16)18(22)20-9-12-3-4-15-17(7-12)26-10-25-15/h3-8,11H,9-10H2,1-2H3,(H,20,22). The number of nitrogens with one attached hydrogen (secondary N) is 1. The lowest BCUT2D eigenvalue weighted by molar-refractivity contribution is -0.129. The molecule has 1 aliphatic heterocycles. The zero-order valence-corrected chi connectivity index (χ0v) is 14.9. The Morgan fingerprint density at radius 1 is 1.22 bits per heavy atom. The molecule has 0 aliphatic carbocycles. The molecule has 0 saturated heterocycles. The van der Waals surface area contributed by atoms with Crippen molar-refractivity contribution in [2.45, 2.75) is 19.6 Å². The molecule has 1 amide bonds. The molecule has 0 fully saturated rings. The highest BCUT2D eigenvalue weighted by Gasteiger charge is 2.22. The van der Waals surface area contributed by atoms with E-state index in [9.17, 15) is 9.59 Å². The van der Waals surface area contributed by atoms with Gasteiger partial charge in [0.25, 0.3) is 5.91 Å². The van der Waals surface area contributed by atoms with Crippen LogP contribution in [0.1, 0.15) is 23.0 Å². The van der Waals surface area contributed by atoms with Gasteiger partial charge in [0.2, 0.25) is 6.79 Å². The Balaban J connectivity index is 1.35. The molecule has 3 heterocycles. The van der Waals surface area contributed by atoms with Gasteiger partial charge in [-0.25, -0.2) is 4.79 Å². The summed E-state index contributed by atoms with van der Waals surface area (Å²) in [5, 5.41) is 2.75. The van der Waals surface area contributed by atoms with E-state index in [0.29, 0.717) is 22.8 Å². The fraction of sp³-hybridized carbons (Fsp3) is 0.263. The predicted octanol–water partition coefficient (Wildman–Crippen LogP) is 2.36. The summed E-state index contributed by atoms with van der Waals surface area (Å²) in [6, 6.07) is 8.78. The Morgan fingerprint density at radius 2 is 2.04 bits per heavy atom. The summed E-state index contributed by atoms with van der Waals surface area (Å²) < 4.78 is 22.8. The lowest BCUT2D eigenvalue weighted by Gasteiger charge is -2.14. The van der Waals surface area contributed by atoms with E-state index in [1.165, 1.54) is 6.92 Å². The van der Waals surface area contributed by atoms with Crippen molar-refractivity contribution in [3.8, 4) is 11.5 Å². The van der Waals surface area contributed by atoms with Crippen LogP contribution in [0.4, 0.5) is 0 Å². The van der Waals surface area contributed by atoms with Crippen molar-refractivity contribution in [2.75, 3.05) is 6.79 Å². The van der Waals surface area contributed by atoms with Crippen molar-refractivity contribution in [3.05, 3.63) is 47.9 Å². The highest BCUT2D eigenvalue weighted by Crippen LogP contribution is 2.32. The molecule has 4 rings (SSSR count). The van der Waals surface area contributed by atoms with Crippen molar-refractivity contribution in [3.63, 3.8) is 0 Å². The lowest BCUT2D eigenvalue weighted by atomic mass is 10.2. The number of ether oxygens (including phenoxy) is 3. The lowest BCUT2D eigenvalue weighted by Crippen LogP contribution is -2.35. The van der Waals surface area contributed by atoms with E-state index < -0.39 is 12.1 Å². The van der Waals surface area contributed by atoms with Gasteiger partial charge < -0.3 is 28.5 Å². The van der Waals surface area contributed by atoms with Crippen LogP contribution in [0.3, 0.4) is 0 Å². The van der Waals surface area contributed by atoms with Crippen LogP contribution in [0.25, 0.3) is 11.1 Å². The first-order chi connectivity index (χ1) is 13.0. The van der Waals surface area contributed by atoms with E-state index in [0.717, 1.165) is 11.1 Å². The summed E-state index contributed by atoms with van der Waals surface area (Å²) in [4.78, 5) is 24.6. The smallest absolute Gasteiger partial charge is 0.355 e. The molecule has 140 valence electrons. The second-order valence-corrected chi connectivity index (χ2v) is 6.21. The van der Waals surface area contributed by atoms with Crippen molar-refractivity contribution in [2.24, 2.45) is 7.05 Å². The van der Waals surface area contributed by atoms with Crippen LogP contribution in [-0.4, -0.2) is 29.3 Å². The summed E-state index contributed by atoms with van der Waals surface area (Å²) >= 11 is 0. The minimum atomic E-state index is -0.937. The van der Waals surface area contributed by atoms with E-state index >= 15 is 0 Å². The summed E-state index contributed by atoms with van der Waals surface area (Å²) in [6.45, 7) is 2.01. The number of hydrogen-bond donors (Lipinski definition) is 1. The third kappa shape index (κ3) is 3.21. The van der Waals surface area contributed by atoms with Gasteiger partial charge in [-0.1, -0.05) is 6.07 Å². The first kappa shape index (κ1) is 17.0. The van der Waals surface area contributed by atoms with Gasteiger partial charge in [0.05, 0.1) is 11.8 Å². The largest absolute Gasteiger partial charge is 0.463 e. The molecular formula is C19H18N2O6. The van der Waals surface area contributed by atoms with Crippen LogP contribution in [-0.2, 0) is 23.1 Å². The number of fused-ring (bicyclic) bond motifs is 2. The summed E-state index contributed by atoms with van der Waals surface area (Å²) in [6.07, 6.45) is 0.610. The first-order valence-corrected chi connectivity index (χ1v) is 8.43. The van der Waals surface area contributed by atoms with E-state index in [1.54, 1.807) is 42.1 Å². The van der Waals surface area contributed by atoms with Crippen LogP contribution >= 0.6 is 0 Å². The number of aromatic nitrogens is 1. The average Bonchev–Trinajstić information content (AvgIpc) is 3.36. The van der Waals surface area contributed by atoms with Crippen molar-refractivity contribution in [1.82, 2.24) is 9.88 Å². The zero-order valence-electron chi connectivity index (χ0n) is 14.9. The molecule has 1 aromatic carbocycles. The Kier molecular flexibility index (Phi) is 4.23. The van der Waals surface area contributed by atoms with Crippen LogP contribution in [0, 0.1) is 0 Å². The van der Waals surface area contributed by atoms with Gasteiger partial charge in [-0.3, -0.25) is 4.79 Å². The van der Waals surface area contributed by atoms with E-state index in [-0.39, 0.29) is 19.2 Å². The molecule has 1 aliphatic rings. The number of rotatable bonds is 5. The number of carbonyl (C=O) groups is 2. The molecule has 0 saturated carbocycles. The summed E-state index contributed by atoms with van der Waals surface area (Å²) in [5.74, 6) is 0.350. The van der Waals surface area contributed by atoms with Gasteiger partial charge in [-0.05, 0) is 24.6 Å². The summed E-state index contributed by atoms with van der Waals surface area (Å²) in [7, 11) is 1.73. The number of carbonyl (C=O) groups excluding carboxylic acids is 2. The van der Waals surface area contributed by atoms with E-state index in [2.05, 4.69) is 5.32 Å². The Hall–Kier alpha value is -3.42. The van der Waals surface area contributed by atoms with Crippen LogP contribution in [0.2, 0.25) is 0 Å². The topological polar surface area (TPSA) is 91.9 Å². The maximum atomic E-state index is 12.4. The number of benzene rings is 1. The van der Waals surface area contributed by atoms with Crippen LogP contribution in [0.5, 0.6) is 11.5 Å². The minimum Gasteiger partial charge on any atom is -0.463 e. The Morgan fingerprint density at radius 3 is 2.85 bits per heavy atom. The molecule has 0 radical (unpaired) electrons. The van der Waals surface area contributed by atoms with Gasteiger partial charge in [0, 0.05) is 25.7 Å². The van der Waals surface area contributed by atoms with Crippen LogP contribution < -0.4 is 14.8 Å². The molecule has 3 aromatic rings. The fourth-order valence-electron chi connectivity index (χ4n) is 2.90. The third-order valence-corrected chi connectivity index (χ3v) is 4.43. The normalized spacial score (nSPS) is 13.6. The predicted molar refractivity (Wildman–Crippen MR) is 94.5 cm³/mol. The summed E-state index contributed by atoms with van der Waals surface area (Å²) in [5.41, 5.74) is 2.54. The molecule has 1 N–H and O–H groups in total. The molecule has 1 atom stereocenters. The van der Waals surface area contributed by atoms with Gasteiger partial charge in [-0.2, -0.15) is 0 Å². The molecule has 0 bridgehead atoms. The minimum absolute atomic E-state index is 0.196. The monoisotopic (exact) mass is 370 g/mol. The molecule has 1 unspecified atom stereocenters.